The SMILES string of the molecule is C[C@H](C(=O)N[C@H]1CCCC[C@@H]1C)N(C)CC(=O)Nc1ccc(F)c(F)c1F. The first kappa shape index (κ1) is 21.2. The summed E-state index contributed by atoms with van der Waals surface area (Å²) in [5, 5.41) is 5.23. The van der Waals surface area contributed by atoms with Gasteiger partial charge in [0.25, 0.3) is 0 Å². The molecule has 150 valence electrons. The number of nitrogens with one attached hydrogen (secondary N) is 2. The van der Waals surface area contributed by atoms with E-state index in [0.717, 1.165) is 31.4 Å². The average Bonchev–Trinajstić information content (AvgIpc) is 2.63. The molecule has 1 aliphatic carbocycles. The van der Waals surface area contributed by atoms with Gasteiger partial charge in [-0.1, -0.05) is 19.8 Å². The minimum absolute atomic E-state index is 0.132. The summed E-state index contributed by atoms with van der Waals surface area (Å²) in [6, 6.07) is 1.25. The van der Waals surface area contributed by atoms with E-state index in [4.69, 9.17) is 0 Å². The number of nitrogens with zero attached hydrogens (tertiary/aromatic N) is 1. The number of hydrogen-bond acceptors (Lipinski definition) is 3. The molecule has 2 amide bonds. The third-order valence-electron chi connectivity index (χ3n) is 5.18. The number of carbonyl (C=O) groups is 2. The fraction of sp³-hybridized carbons (Fsp3) is 0.579. The largest absolute Gasteiger partial charge is 0.352 e. The van der Waals surface area contributed by atoms with Crippen molar-refractivity contribution in [1.29, 1.82) is 0 Å². The minimum Gasteiger partial charge on any atom is -0.352 e. The highest BCUT2D eigenvalue weighted by Gasteiger charge is 2.27. The summed E-state index contributed by atoms with van der Waals surface area (Å²) >= 11 is 0. The Hall–Kier alpha value is -2.09. The van der Waals surface area contributed by atoms with E-state index in [1.54, 1.807) is 14.0 Å². The van der Waals surface area contributed by atoms with Crippen LogP contribution in [0.5, 0.6) is 0 Å². The van der Waals surface area contributed by atoms with Gasteiger partial charge < -0.3 is 10.6 Å². The molecule has 0 unspecified atom stereocenters. The van der Waals surface area contributed by atoms with Crippen LogP contribution in [0.3, 0.4) is 0 Å². The lowest BCUT2D eigenvalue weighted by Crippen LogP contribution is -2.50. The second kappa shape index (κ2) is 9.21. The fourth-order valence-electron chi connectivity index (χ4n) is 3.21. The Kier molecular flexibility index (Phi) is 7.24. The molecule has 5 nitrogen and oxygen atoms in total. The molecule has 1 aliphatic rings. The second-order valence-corrected chi connectivity index (χ2v) is 7.24. The summed E-state index contributed by atoms with van der Waals surface area (Å²) < 4.78 is 39.8. The molecule has 0 heterocycles. The summed E-state index contributed by atoms with van der Waals surface area (Å²) in [6.45, 7) is 3.59. The zero-order chi connectivity index (χ0) is 20.1. The zero-order valence-electron chi connectivity index (χ0n) is 15.8. The monoisotopic (exact) mass is 385 g/mol. The van der Waals surface area contributed by atoms with Crippen LogP contribution in [0.4, 0.5) is 18.9 Å². The first-order valence-electron chi connectivity index (χ1n) is 9.14. The van der Waals surface area contributed by atoms with E-state index in [-0.39, 0.29) is 18.5 Å². The Morgan fingerprint density at radius 3 is 2.52 bits per heavy atom. The Balaban J connectivity index is 1.89. The highest BCUT2D eigenvalue weighted by atomic mass is 19.2. The number of carbonyl (C=O) groups excluding carboxylic acids is 2. The van der Waals surface area contributed by atoms with E-state index in [2.05, 4.69) is 17.6 Å². The molecule has 8 heteroatoms. The van der Waals surface area contributed by atoms with Crippen LogP contribution in [0.15, 0.2) is 12.1 Å². The van der Waals surface area contributed by atoms with Crippen LogP contribution in [0.25, 0.3) is 0 Å². The van der Waals surface area contributed by atoms with Gasteiger partial charge >= 0.3 is 0 Å². The molecule has 0 spiro atoms. The molecule has 1 aromatic carbocycles. The van der Waals surface area contributed by atoms with Crippen molar-refractivity contribution in [2.45, 2.75) is 51.6 Å². The van der Waals surface area contributed by atoms with E-state index in [9.17, 15) is 22.8 Å². The Labute approximate surface area is 157 Å². The van der Waals surface area contributed by atoms with E-state index < -0.39 is 35.1 Å². The van der Waals surface area contributed by atoms with Gasteiger partial charge in [0.05, 0.1) is 18.3 Å². The summed E-state index contributed by atoms with van der Waals surface area (Å²) in [5.41, 5.74) is -0.444. The maximum atomic E-state index is 13.6. The number of anilines is 1. The molecular weight excluding hydrogens is 359 g/mol. The third kappa shape index (κ3) is 5.45. The van der Waals surface area contributed by atoms with Crippen LogP contribution in [-0.2, 0) is 9.59 Å². The second-order valence-electron chi connectivity index (χ2n) is 7.24. The highest BCUT2D eigenvalue weighted by molar-refractivity contribution is 5.93. The number of amides is 2. The Morgan fingerprint density at radius 2 is 1.85 bits per heavy atom. The number of likely N-dealkylation sites (N-methyl/N-ethyl adjacent to an activating group) is 1. The van der Waals surface area contributed by atoms with E-state index in [1.807, 2.05) is 0 Å². The third-order valence-corrected chi connectivity index (χ3v) is 5.18. The maximum Gasteiger partial charge on any atom is 0.238 e. The van der Waals surface area contributed by atoms with Gasteiger partial charge in [0.15, 0.2) is 17.5 Å². The zero-order valence-corrected chi connectivity index (χ0v) is 15.8. The van der Waals surface area contributed by atoms with Crippen molar-refractivity contribution in [2.24, 2.45) is 5.92 Å². The number of halogens is 3. The summed E-state index contributed by atoms with van der Waals surface area (Å²) in [5.74, 6) is -4.82. The quantitative estimate of drug-likeness (QED) is 0.740. The van der Waals surface area contributed by atoms with Gasteiger partial charge in [-0.05, 0) is 44.9 Å². The van der Waals surface area contributed by atoms with Crippen molar-refractivity contribution < 1.29 is 22.8 Å². The molecule has 2 rings (SSSR count). The molecule has 3 atom stereocenters. The predicted molar refractivity (Wildman–Crippen MR) is 96.6 cm³/mol. The van der Waals surface area contributed by atoms with E-state index in [1.165, 1.54) is 11.3 Å². The molecule has 1 aromatic rings. The first-order chi connectivity index (χ1) is 12.7. The normalized spacial score (nSPS) is 21.0. The van der Waals surface area contributed by atoms with Crippen LogP contribution >= 0.6 is 0 Å². The van der Waals surface area contributed by atoms with Crippen LogP contribution in [0, 0.1) is 23.4 Å². The van der Waals surface area contributed by atoms with Gasteiger partial charge in [-0.15, -0.1) is 0 Å². The molecular formula is C19H26F3N3O2. The number of hydrogen-bond donors (Lipinski definition) is 2. The van der Waals surface area contributed by atoms with Crippen molar-refractivity contribution in [3.05, 3.63) is 29.6 Å². The van der Waals surface area contributed by atoms with Crippen LogP contribution < -0.4 is 10.6 Å². The fourth-order valence-corrected chi connectivity index (χ4v) is 3.21. The Bertz CT molecular complexity index is 699. The van der Waals surface area contributed by atoms with Crippen molar-refractivity contribution in [2.75, 3.05) is 18.9 Å². The molecule has 0 radical (unpaired) electrons. The lowest BCUT2D eigenvalue weighted by atomic mass is 9.86. The standard InChI is InChI=1S/C19H26F3N3O2/c1-11-6-4-5-7-14(11)24-19(27)12(2)25(3)10-16(26)23-15-9-8-13(20)17(21)18(15)22/h8-9,11-12,14H,4-7,10H2,1-3H3,(H,23,26)(H,24,27)/t11-,12+,14-/m0/s1. The van der Waals surface area contributed by atoms with E-state index in [0.29, 0.717) is 5.92 Å². The van der Waals surface area contributed by atoms with Gasteiger partial charge in [-0.25, -0.2) is 13.2 Å². The molecule has 2 N–H and O–H groups in total. The molecule has 0 saturated heterocycles. The molecule has 27 heavy (non-hydrogen) atoms. The van der Waals surface area contributed by atoms with Gasteiger partial charge in [0.2, 0.25) is 11.8 Å². The smallest absolute Gasteiger partial charge is 0.238 e. The topological polar surface area (TPSA) is 61.4 Å². The number of rotatable bonds is 6. The molecule has 1 saturated carbocycles. The Morgan fingerprint density at radius 1 is 1.19 bits per heavy atom. The first-order valence-corrected chi connectivity index (χ1v) is 9.14. The van der Waals surface area contributed by atoms with E-state index >= 15 is 0 Å². The maximum absolute atomic E-state index is 13.6. The van der Waals surface area contributed by atoms with Crippen LogP contribution in [0.2, 0.25) is 0 Å². The highest BCUT2D eigenvalue weighted by Crippen LogP contribution is 2.24. The van der Waals surface area contributed by atoms with Crippen molar-refractivity contribution >= 4 is 17.5 Å². The summed E-state index contributed by atoms with van der Waals surface area (Å²) in [6.07, 6.45) is 4.28. The molecule has 0 aromatic heterocycles. The van der Waals surface area contributed by atoms with Crippen LogP contribution in [0.1, 0.15) is 39.5 Å². The van der Waals surface area contributed by atoms with Gasteiger partial charge in [0.1, 0.15) is 0 Å². The van der Waals surface area contributed by atoms with Gasteiger partial charge in [0, 0.05) is 6.04 Å². The molecule has 0 aliphatic heterocycles. The van der Waals surface area contributed by atoms with Crippen molar-refractivity contribution in [1.82, 2.24) is 10.2 Å². The molecule has 1 fully saturated rings. The van der Waals surface area contributed by atoms with Gasteiger partial charge in [-0.2, -0.15) is 0 Å². The summed E-state index contributed by atoms with van der Waals surface area (Å²) in [4.78, 5) is 26.0. The lowest BCUT2D eigenvalue weighted by Gasteiger charge is -2.32. The minimum atomic E-state index is -1.64. The average molecular weight is 385 g/mol. The van der Waals surface area contributed by atoms with Crippen molar-refractivity contribution in [3.63, 3.8) is 0 Å². The number of benzene rings is 1. The summed E-state index contributed by atoms with van der Waals surface area (Å²) in [7, 11) is 1.59. The lowest BCUT2D eigenvalue weighted by molar-refractivity contribution is -0.127. The van der Waals surface area contributed by atoms with Crippen molar-refractivity contribution in [3.8, 4) is 0 Å². The predicted octanol–water partition coefficient (Wildman–Crippen LogP) is 3.06. The van der Waals surface area contributed by atoms with Gasteiger partial charge in [-0.3, -0.25) is 14.5 Å². The van der Waals surface area contributed by atoms with Crippen LogP contribution in [-0.4, -0.2) is 42.4 Å². The molecule has 0 bridgehead atoms.